The Balaban J connectivity index is 1.26. The third kappa shape index (κ3) is 6.36. The van der Waals surface area contributed by atoms with Gasteiger partial charge in [0.1, 0.15) is 39.6 Å². The van der Waals surface area contributed by atoms with Gasteiger partial charge in [-0.2, -0.15) is 9.97 Å². The summed E-state index contributed by atoms with van der Waals surface area (Å²) in [6, 6.07) is 5.19. The number of terminal acetylenes is 1. The molecule has 2 saturated carbocycles. The summed E-state index contributed by atoms with van der Waals surface area (Å²) in [5.74, 6) is -2.59. The van der Waals surface area contributed by atoms with Crippen LogP contribution in [0.4, 0.5) is 23.4 Å². The van der Waals surface area contributed by atoms with E-state index in [4.69, 9.17) is 25.6 Å². The molecule has 4 atom stereocenters. The number of benzene rings is 2. The molecule has 4 aromatic rings. The second kappa shape index (κ2) is 13.1. The number of aromatic hydroxyl groups is 1. The average molecular weight is 736 g/mol. The van der Waals surface area contributed by atoms with E-state index in [-0.39, 0.29) is 107 Å². The van der Waals surface area contributed by atoms with Crippen molar-refractivity contribution < 1.29 is 42.0 Å². The van der Waals surface area contributed by atoms with Crippen LogP contribution in [0.25, 0.3) is 32.9 Å². The second-order valence-corrected chi connectivity index (χ2v) is 15.3. The molecule has 2 aromatic carbocycles. The highest BCUT2D eigenvalue weighted by Gasteiger charge is 2.59. The van der Waals surface area contributed by atoms with Crippen LogP contribution in [0.2, 0.25) is 0 Å². The number of nitrogens with zero attached hydrogens (tertiary/aromatic N) is 5. The van der Waals surface area contributed by atoms with Gasteiger partial charge in [0.05, 0.1) is 39.0 Å². The number of likely N-dealkylation sites (tertiary alicyclic amines) is 1. The number of anilines is 1. The van der Waals surface area contributed by atoms with Crippen LogP contribution in [0.15, 0.2) is 24.3 Å². The maximum absolute atomic E-state index is 17.2. The first-order chi connectivity index (χ1) is 25.3. The van der Waals surface area contributed by atoms with E-state index >= 15 is 8.78 Å². The van der Waals surface area contributed by atoms with E-state index in [1.54, 1.807) is 11.8 Å². The Morgan fingerprint density at radius 3 is 2.64 bits per heavy atom. The first-order valence-electron chi connectivity index (χ1n) is 18.0. The van der Waals surface area contributed by atoms with Crippen LogP contribution in [0.1, 0.15) is 51.0 Å². The van der Waals surface area contributed by atoms with Crippen LogP contribution in [-0.2, 0) is 4.74 Å². The van der Waals surface area contributed by atoms with Gasteiger partial charge in [-0.05, 0) is 62.7 Å². The maximum atomic E-state index is 17.2. The molecule has 4 fully saturated rings. The van der Waals surface area contributed by atoms with Crippen molar-refractivity contribution in [3.8, 4) is 41.2 Å². The molecule has 8 rings (SSSR count). The number of aromatic nitrogens is 3. The molecular formula is C39H41F4N5O5. The quantitative estimate of drug-likeness (QED) is 0.163. The van der Waals surface area contributed by atoms with Gasteiger partial charge >= 0.3 is 6.01 Å². The number of methoxy groups -OCH3 is 1. The normalized spacial score (nSPS) is 27.0. The number of pyridine rings is 1. The zero-order valence-corrected chi connectivity index (χ0v) is 29.6. The number of halogens is 4. The van der Waals surface area contributed by atoms with E-state index in [1.807, 2.05) is 0 Å². The fourth-order valence-electron chi connectivity index (χ4n) is 8.85. The molecule has 0 amide bonds. The minimum Gasteiger partial charge on any atom is -0.508 e. The predicted molar refractivity (Wildman–Crippen MR) is 189 cm³/mol. The van der Waals surface area contributed by atoms with Gasteiger partial charge in [0.25, 0.3) is 5.92 Å². The van der Waals surface area contributed by atoms with Crippen molar-refractivity contribution in [1.29, 1.82) is 0 Å². The fraction of sp³-hybridized carbons (Fsp3) is 0.513. The number of β-amino-alcohol motifs (C(OH)–C–C–N with tert-alkyl or cyclic N) is 1. The standard InChI is InChI=1S/C39H41F4N5O5/c1-4-25-27(40)9-8-22-15-24(49)16-26(29(22)25)32-31(41)33-30(35(44-32)51-3)34(48-13-14-52-20-37(2,50)19-48)46-36(45-33)53-21-38-10-5-7-28(38)47(12-6-11-38)18-23-17-39(23,42)43/h1,8-9,15-16,23,28,49-50H,5-7,10-14,17-21H2,2-3H3/t23?,28?,37-,38?/m0/s1. The second-order valence-electron chi connectivity index (χ2n) is 15.3. The molecule has 4 heterocycles. The Kier molecular flexibility index (Phi) is 8.82. The number of aliphatic hydroxyl groups is 1. The summed E-state index contributed by atoms with van der Waals surface area (Å²) in [6.45, 7) is 3.58. The van der Waals surface area contributed by atoms with Crippen molar-refractivity contribution in [2.24, 2.45) is 11.3 Å². The lowest BCUT2D eigenvalue weighted by Crippen LogP contribution is -2.52. The number of rotatable bonds is 8. The SMILES string of the molecule is C#Cc1c(F)ccc2cc(O)cc(-c3nc(OC)c4c(N5CCOC[C@@](C)(O)C5)nc(OCC56CCCC5N(CC5CC5(F)F)CCC6)nc4c3F)c12. The van der Waals surface area contributed by atoms with E-state index < -0.39 is 29.1 Å². The Bertz CT molecular complexity index is 2140. The number of phenolic OH excluding ortho intramolecular Hbond substituents is 1. The number of piperidine rings is 1. The summed E-state index contributed by atoms with van der Waals surface area (Å²) in [5, 5.41) is 22.4. The smallest absolute Gasteiger partial charge is 0.319 e. The molecule has 0 bridgehead atoms. The van der Waals surface area contributed by atoms with Crippen molar-refractivity contribution in [1.82, 2.24) is 19.9 Å². The third-order valence-corrected chi connectivity index (χ3v) is 11.4. The molecule has 0 spiro atoms. The van der Waals surface area contributed by atoms with Crippen LogP contribution in [-0.4, -0.2) is 101 Å². The van der Waals surface area contributed by atoms with Gasteiger partial charge in [-0.3, -0.25) is 4.90 Å². The summed E-state index contributed by atoms with van der Waals surface area (Å²) in [4.78, 5) is 17.9. The van der Waals surface area contributed by atoms with Crippen molar-refractivity contribution >= 4 is 27.5 Å². The van der Waals surface area contributed by atoms with Gasteiger partial charge in [0, 0.05) is 47.8 Å². The van der Waals surface area contributed by atoms with Gasteiger partial charge < -0.3 is 29.3 Å². The minimum absolute atomic E-state index is 0.0233. The zero-order chi connectivity index (χ0) is 37.3. The van der Waals surface area contributed by atoms with Gasteiger partial charge in [-0.15, -0.1) is 6.42 Å². The maximum Gasteiger partial charge on any atom is 0.319 e. The van der Waals surface area contributed by atoms with Gasteiger partial charge in [0.2, 0.25) is 5.88 Å². The van der Waals surface area contributed by atoms with E-state index in [2.05, 4.69) is 20.8 Å². The number of hydrogen-bond donors (Lipinski definition) is 2. The Labute approximate surface area is 304 Å². The summed E-state index contributed by atoms with van der Waals surface area (Å²) in [7, 11) is 1.36. The molecule has 53 heavy (non-hydrogen) atoms. The van der Waals surface area contributed by atoms with E-state index in [0.29, 0.717) is 11.9 Å². The van der Waals surface area contributed by atoms with E-state index in [9.17, 15) is 19.0 Å². The topological polar surface area (TPSA) is 113 Å². The summed E-state index contributed by atoms with van der Waals surface area (Å²) in [5.41, 5.74) is -2.23. The zero-order valence-electron chi connectivity index (χ0n) is 29.6. The molecule has 2 N–H and O–H groups in total. The molecule has 2 aromatic heterocycles. The van der Waals surface area contributed by atoms with Crippen molar-refractivity contribution in [2.45, 2.75) is 63.0 Å². The van der Waals surface area contributed by atoms with Gasteiger partial charge in [-0.25, -0.2) is 22.5 Å². The molecule has 2 aliphatic carbocycles. The largest absolute Gasteiger partial charge is 0.508 e. The molecule has 3 unspecified atom stereocenters. The molecule has 2 aliphatic heterocycles. The van der Waals surface area contributed by atoms with Crippen molar-refractivity contribution in [3.05, 3.63) is 41.5 Å². The van der Waals surface area contributed by atoms with Gasteiger partial charge in [-0.1, -0.05) is 18.4 Å². The molecule has 14 heteroatoms. The van der Waals surface area contributed by atoms with Crippen LogP contribution in [0.3, 0.4) is 0 Å². The number of alkyl halides is 2. The first-order valence-corrected chi connectivity index (χ1v) is 18.0. The first kappa shape index (κ1) is 35.6. The Morgan fingerprint density at radius 2 is 1.89 bits per heavy atom. The molecule has 4 aliphatic rings. The molecule has 280 valence electrons. The molecular weight excluding hydrogens is 694 g/mol. The highest BCUT2D eigenvalue weighted by atomic mass is 19.3. The van der Waals surface area contributed by atoms with E-state index in [1.165, 1.54) is 31.4 Å². The van der Waals surface area contributed by atoms with Crippen molar-refractivity contribution in [3.63, 3.8) is 0 Å². The van der Waals surface area contributed by atoms with Crippen LogP contribution in [0.5, 0.6) is 17.6 Å². The molecule has 2 saturated heterocycles. The summed E-state index contributed by atoms with van der Waals surface area (Å²) >= 11 is 0. The highest BCUT2D eigenvalue weighted by Crippen LogP contribution is 2.53. The monoisotopic (exact) mass is 735 g/mol. The number of ether oxygens (including phenoxy) is 3. The number of phenols is 1. The Morgan fingerprint density at radius 1 is 1.09 bits per heavy atom. The summed E-state index contributed by atoms with van der Waals surface area (Å²) in [6.07, 6.45) is 9.96. The molecule has 0 radical (unpaired) electrons. The predicted octanol–water partition coefficient (Wildman–Crippen LogP) is 6.08. The van der Waals surface area contributed by atoms with Gasteiger partial charge in [0.15, 0.2) is 5.82 Å². The summed E-state index contributed by atoms with van der Waals surface area (Å²) < 4.78 is 78.0. The fourth-order valence-corrected chi connectivity index (χ4v) is 8.85. The van der Waals surface area contributed by atoms with Crippen LogP contribution in [0, 0.1) is 35.3 Å². The van der Waals surface area contributed by atoms with Crippen molar-refractivity contribution in [2.75, 3.05) is 58.0 Å². The lowest BCUT2D eigenvalue weighted by molar-refractivity contribution is -0.0124. The average Bonchev–Trinajstić information content (AvgIpc) is 3.57. The Hall–Kier alpha value is -4.45. The lowest BCUT2D eigenvalue weighted by Gasteiger charge is -2.46. The number of hydrogen-bond acceptors (Lipinski definition) is 10. The third-order valence-electron chi connectivity index (χ3n) is 11.4. The lowest BCUT2D eigenvalue weighted by atomic mass is 9.75. The van der Waals surface area contributed by atoms with Crippen LogP contribution >= 0.6 is 0 Å². The van der Waals surface area contributed by atoms with E-state index in [0.717, 1.165) is 38.6 Å². The molecule has 10 nitrogen and oxygen atoms in total. The van der Waals surface area contributed by atoms with Crippen LogP contribution < -0.4 is 14.4 Å². The minimum atomic E-state index is -2.60. The highest BCUT2D eigenvalue weighted by molar-refractivity contribution is 6.04. The number of fused-ring (bicyclic) bond motifs is 3.